The smallest absolute Gasteiger partial charge is 0.328 e. The molecule has 0 heterocycles. The molecule has 0 aliphatic rings. The molecule has 0 saturated heterocycles. The number of ketones is 1. The van der Waals surface area contributed by atoms with E-state index in [4.69, 9.17) is 10.2 Å². The van der Waals surface area contributed by atoms with Gasteiger partial charge in [-0.3, -0.25) is 4.79 Å². The summed E-state index contributed by atoms with van der Waals surface area (Å²) < 4.78 is 0. The number of carboxylic acid groups (broad SMARTS) is 2. The molecular formula is C16H21NO5. The van der Waals surface area contributed by atoms with Crippen molar-refractivity contribution in [1.29, 1.82) is 0 Å². The lowest BCUT2D eigenvalue weighted by molar-refractivity contribution is -0.134. The Morgan fingerprint density at radius 1 is 1.09 bits per heavy atom. The molecule has 0 atom stereocenters. The van der Waals surface area contributed by atoms with Crippen LogP contribution in [0.25, 0.3) is 0 Å². The SMILES string of the molecule is CCC(=O)c1cccc(N(C)C)c1C.O=C(O)/C=C\C(=O)O. The van der Waals surface area contributed by atoms with E-state index in [-0.39, 0.29) is 5.78 Å². The van der Waals surface area contributed by atoms with E-state index < -0.39 is 11.9 Å². The molecule has 6 heteroatoms. The monoisotopic (exact) mass is 307 g/mol. The summed E-state index contributed by atoms with van der Waals surface area (Å²) in [4.78, 5) is 32.7. The van der Waals surface area contributed by atoms with Crippen LogP contribution in [0.5, 0.6) is 0 Å². The first-order valence-electron chi connectivity index (χ1n) is 6.64. The van der Waals surface area contributed by atoms with Crippen LogP contribution in [0.1, 0.15) is 29.3 Å². The minimum absolute atomic E-state index is 0.214. The number of benzene rings is 1. The molecular weight excluding hydrogens is 286 g/mol. The third kappa shape index (κ3) is 6.69. The number of carboxylic acids is 2. The van der Waals surface area contributed by atoms with Gasteiger partial charge in [0.05, 0.1) is 0 Å². The van der Waals surface area contributed by atoms with Crippen LogP contribution in [0.3, 0.4) is 0 Å². The summed E-state index contributed by atoms with van der Waals surface area (Å²) in [5, 5.41) is 15.6. The second kappa shape index (κ2) is 9.33. The van der Waals surface area contributed by atoms with E-state index in [0.717, 1.165) is 16.8 Å². The zero-order chi connectivity index (χ0) is 17.3. The number of anilines is 1. The minimum Gasteiger partial charge on any atom is -0.478 e. The van der Waals surface area contributed by atoms with Crippen molar-refractivity contribution in [2.24, 2.45) is 0 Å². The lowest BCUT2D eigenvalue weighted by Crippen LogP contribution is -2.12. The fourth-order valence-corrected chi connectivity index (χ4v) is 1.74. The first kappa shape index (κ1) is 19.4. The minimum atomic E-state index is -1.26. The van der Waals surface area contributed by atoms with Crippen molar-refractivity contribution in [2.45, 2.75) is 20.3 Å². The van der Waals surface area contributed by atoms with Gasteiger partial charge in [-0.25, -0.2) is 9.59 Å². The van der Waals surface area contributed by atoms with Gasteiger partial charge in [0.1, 0.15) is 0 Å². The fourth-order valence-electron chi connectivity index (χ4n) is 1.74. The largest absolute Gasteiger partial charge is 0.478 e. The van der Waals surface area contributed by atoms with Gasteiger partial charge in [0.25, 0.3) is 0 Å². The first-order valence-corrected chi connectivity index (χ1v) is 6.64. The highest BCUT2D eigenvalue weighted by atomic mass is 16.4. The molecule has 0 amide bonds. The summed E-state index contributed by atoms with van der Waals surface area (Å²) in [6.45, 7) is 3.89. The molecule has 0 unspecified atom stereocenters. The van der Waals surface area contributed by atoms with Crippen molar-refractivity contribution in [3.05, 3.63) is 41.5 Å². The van der Waals surface area contributed by atoms with Crippen LogP contribution in [0, 0.1) is 6.92 Å². The van der Waals surface area contributed by atoms with Gasteiger partial charge in [-0.1, -0.05) is 19.1 Å². The van der Waals surface area contributed by atoms with Crippen molar-refractivity contribution in [3.8, 4) is 0 Å². The average Bonchev–Trinajstić information content (AvgIpc) is 2.45. The maximum atomic E-state index is 11.6. The normalized spacial score (nSPS) is 9.82. The van der Waals surface area contributed by atoms with E-state index in [1.807, 2.05) is 51.0 Å². The summed E-state index contributed by atoms with van der Waals surface area (Å²) >= 11 is 0. The second-order valence-electron chi connectivity index (χ2n) is 4.63. The Bertz CT molecular complexity index is 560. The first-order chi connectivity index (χ1) is 10.2. The van der Waals surface area contributed by atoms with Gasteiger partial charge >= 0.3 is 11.9 Å². The van der Waals surface area contributed by atoms with Gasteiger partial charge in [0.2, 0.25) is 0 Å². The number of hydrogen-bond donors (Lipinski definition) is 2. The Balaban J connectivity index is 0.000000472. The van der Waals surface area contributed by atoms with Gasteiger partial charge in [-0.2, -0.15) is 0 Å². The third-order valence-corrected chi connectivity index (χ3v) is 2.78. The van der Waals surface area contributed by atoms with Crippen LogP contribution in [0.4, 0.5) is 5.69 Å². The predicted octanol–water partition coefficient (Wildman–Crippen LogP) is 2.37. The standard InChI is InChI=1S/C12H17NO.C4H4O4/c1-5-12(14)10-7-6-8-11(9(10)2)13(3)4;5-3(6)1-2-4(7)8/h6-8H,5H2,1-4H3;1-2H,(H,5,6)(H,7,8)/b;2-1-. The summed E-state index contributed by atoms with van der Waals surface area (Å²) in [6.07, 6.45) is 1.68. The summed E-state index contributed by atoms with van der Waals surface area (Å²) in [7, 11) is 3.98. The third-order valence-electron chi connectivity index (χ3n) is 2.78. The molecule has 0 saturated carbocycles. The molecule has 0 aliphatic carbocycles. The van der Waals surface area contributed by atoms with Crippen molar-refractivity contribution in [3.63, 3.8) is 0 Å². The Labute approximate surface area is 129 Å². The van der Waals surface area contributed by atoms with Crippen molar-refractivity contribution in [1.82, 2.24) is 0 Å². The molecule has 120 valence electrons. The zero-order valence-electron chi connectivity index (χ0n) is 13.2. The molecule has 2 N–H and O–H groups in total. The lowest BCUT2D eigenvalue weighted by Gasteiger charge is -2.17. The molecule has 22 heavy (non-hydrogen) atoms. The van der Waals surface area contributed by atoms with E-state index in [2.05, 4.69) is 0 Å². The van der Waals surface area contributed by atoms with Crippen LogP contribution in [0.15, 0.2) is 30.4 Å². The van der Waals surface area contributed by atoms with Gasteiger partial charge < -0.3 is 15.1 Å². The number of rotatable bonds is 5. The van der Waals surface area contributed by atoms with Crippen molar-refractivity contribution in [2.75, 3.05) is 19.0 Å². The van der Waals surface area contributed by atoms with Gasteiger partial charge in [0.15, 0.2) is 5.78 Å². The fraction of sp³-hybridized carbons (Fsp3) is 0.312. The molecule has 0 aliphatic heterocycles. The van der Waals surface area contributed by atoms with Crippen LogP contribution in [-0.2, 0) is 9.59 Å². The molecule has 0 bridgehead atoms. The number of nitrogens with zero attached hydrogens (tertiary/aromatic N) is 1. The van der Waals surface area contributed by atoms with E-state index >= 15 is 0 Å². The molecule has 0 radical (unpaired) electrons. The Morgan fingerprint density at radius 2 is 1.59 bits per heavy atom. The number of aliphatic carboxylic acids is 2. The molecule has 6 nitrogen and oxygen atoms in total. The number of carbonyl (C=O) groups excluding carboxylic acids is 1. The van der Waals surface area contributed by atoms with E-state index in [0.29, 0.717) is 18.6 Å². The van der Waals surface area contributed by atoms with E-state index in [1.165, 1.54) is 0 Å². The number of hydrogen-bond acceptors (Lipinski definition) is 4. The van der Waals surface area contributed by atoms with Crippen molar-refractivity contribution < 1.29 is 24.6 Å². The zero-order valence-corrected chi connectivity index (χ0v) is 13.2. The highest BCUT2D eigenvalue weighted by Gasteiger charge is 2.10. The Kier molecular flexibility index (Phi) is 8.22. The molecule has 1 aromatic rings. The van der Waals surface area contributed by atoms with E-state index in [9.17, 15) is 14.4 Å². The Hall–Kier alpha value is -2.63. The predicted molar refractivity (Wildman–Crippen MR) is 84.5 cm³/mol. The molecule has 1 aromatic carbocycles. The average molecular weight is 307 g/mol. The van der Waals surface area contributed by atoms with Crippen LogP contribution >= 0.6 is 0 Å². The van der Waals surface area contributed by atoms with Gasteiger partial charge in [-0.15, -0.1) is 0 Å². The van der Waals surface area contributed by atoms with Gasteiger partial charge in [0, 0.05) is 43.9 Å². The van der Waals surface area contributed by atoms with Gasteiger partial charge in [-0.05, 0) is 18.6 Å². The molecule has 0 spiro atoms. The number of Topliss-reactive ketones (excluding diaryl/α,β-unsaturated/α-hetero) is 1. The highest BCUT2D eigenvalue weighted by Crippen LogP contribution is 2.22. The van der Waals surface area contributed by atoms with Crippen LogP contribution in [-0.4, -0.2) is 42.0 Å². The quantitative estimate of drug-likeness (QED) is 0.640. The van der Waals surface area contributed by atoms with Crippen molar-refractivity contribution >= 4 is 23.4 Å². The van der Waals surface area contributed by atoms with E-state index in [1.54, 1.807) is 0 Å². The topological polar surface area (TPSA) is 94.9 Å². The maximum Gasteiger partial charge on any atom is 0.328 e. The number of carbonyl (C=O) groups is 3. The lowest BCUT2D eigenvalue weighted by atomic mass is 10.0. The second-order valence-corrected chi connectivity index (χ2v) is 4.63. The summed E-state index contributed by atoms with van der Waals surface area (Å²) in [5.74, 6) is -2.30. The van der Waals surface area contributed by atoms with Crippen LogP contribution < -0.4 is 4.90 Å². The molecule has 0 fully saturated rings. The van der Waals surface area contributed by atoms with Crippen LogP contribution in [0.2, 0.25) is 0 Å². The highest BCUT2D eigenvalue weighted by molar-refractivity contribution is 5.98. The summed E-state index contributed by atoms with van der Waals surface area (Å²) in [6, 6.07) is 5.86. The molecule has 1 rings (SSSR count). The maximum absolute atomic E-state index is 11.6. The summed E-state index contributed by atoms with van der Waals surface area (Å²) in [5.41, 5.74) is 3.03. The molecule has 0 aromatic heterocycles. The Morgan fingerprint density at radius 3 is 1.95 bits per heavy atom.